The number of carbonyl (C=O) groups is 1. The van der Waals surface area contributed by atoms with Crippen LogP contribution in [0.1, 0.15) is 11.6 Å². The molecule has 1 atom stereocenters. The predicted molar refractivity (Wildman–Crippen MR) is 76.9 cm³/mol. The largest absolute Gasteiger partial charge is 0.446 e. The summed E-state index contributed by atoms with van der Waals surface area (Å²) >= 11 is 0. The third-order valence-electron chi connectivity index (χ3n) is 3.63. The van der Waals surface area contributed by atoms with E-state index in [0.717, 1.165) is 10.8 Å². The lowest BCUT2D eigenvalue weighted by atomic mass is 10.1. The second-order valence-electron chi connectivity index (χ2n) is 4.90. The number of benzene rings is 2. The molecule has 0 radical (unpaired) electrons. The van der Waals surface area contributed by atoms with Crippen molar-refractivity contribution in [1.29, 1.82) is 0 Å². The Morgan fingerprint density at radius 2 is 1.76 bits per heavy atom. The molecule has 2 aliphatic heterocycles. The van der Waals surface area contributed by atoms with Gasteiger partial charge in [0.15, 0.2) is 0 Å². The smallest absolute Gasteiger partial charge is 0.274 e. The molecule has 0 bridgehead atoms. The van der Waals surface area contributed by atoms with Crippen molar-refractivity contribution in [3.8, 4) is 0 Å². The first-order chi connectivity index (χ1) is 10.3. The Labute approximate surface area is 121 Å². The van der Waals surface area contributed by atoms with E-state index < -0.39 is 6.04 Å². The Bertz CT molecular complexity index is 856. The lowest BCUT2D eigenvalue weighted by molar-refractivity contribution is -0.121. The Morgan fingerprint density at radius 1 is 1.00 bits per heavy atom. The molecular weight excluding hydrogens is 264 g/mol. The van der Waals surface area contributed by atoms with Crippen LogP contribution in [0.5, 0.6) is 0 Å². The van der Waals surface area contributed by atoms with Crippen molar-refractivity contribution in [2.75, 3.05) is 0 Å². The number of amides is 1. The van der Waals surface area contributed by atoms with Gasteiger partial charge in [0.2, 0.25) is 5.88 Å². The summed E-state index contributed by atoms with van der Waals surface area (Å²) in [4.78, 5) is 18.7. The summed E-state index contributed by atoms with van der Waals surface area (Å²) in [7, 11) is 0. The maximum Gasteiger partial charge on any atom is 0.274 e. The predicted octanol–water partition coefficient (Wildman–Crippen LogP) is 1.46. The lowest BCUT2D eigenvalue weighted by Gasteiger charge is -2.24. The molecule has 0 aromatic heterocycles. The fraction of sp³-hybridized carbons (Fsp3) is 0.0588. The van der Waals surface area contributed by atoms with Crippen LogP contribution in [0.25, 0.3) is 5.88 Å². The van der Waals surface area contributed by atoms with E-state index >= 15 is 0 Å². The molecule has 0 spiro atoms. The molecule has 0 aliphatic carbocycles. The summed E-state index contributed by atoms with van der Waals surface area (Å²) in [6.07, 6.45) is 3.38. The third kappa shape index (κ3) is 1.84. The molecule has 0 fully saturated rings. The first-order valence-corrected chi connectivity index (χ1v) is 6.73. The van der Waals surface area contributed by atoms with E-state index in [9.17, 15) is 4.79 Å². The van der Waals surface area contributed by atoms with Crippen molar-refractivity contribution < 1.29 is 9.53 Å². The molecule has 2 aromatic rings. The van der Waals surface area contributed by atoms with Crippen molar-refractivity contribution in [1.82, 2.24) is 4.90 Å². The molecule has 4 rings (SSSR count). The van der Waals surface area contributed by atoms with Gasteiger partial charge >= 0.3 is 0 Å². The fourth-order valence-electron chi connectivity index (χ4n) is 2.68. The van der Waals surface area contributed by atoms with Gasteiger partial charge in [0.25, 0.3) is 5.91 Å². The van der Waals surface area contributed by atoms with E-state index in [1.165, 1.54) is 0 Å². The van der Waals surface area contributed by atoms with Gasteiger partial charge in [-0.1, -0.05) is 42.5 Å². The van der Waals surface area contributed by atoms with Crippen molar-refractivity contribution in [3.05, 3.63) is 83.2 Å². The topological polar surface area (TPSA) is 41.9 Å². The summed E-state index contributed by atoms with van der Waals surface area (Å²) in [5.74, 6) is 0.452. The third-order valence-corrected chi connectivity index (χ3v) is 3.63. The van der Waals surface area contributed by atoms with E-state index in [4.69, 9.17) is 4.74 Å². The molecule has 0 saturated carbocycles. The zero-order valence-electron chi connectivity index (χ0n) is 11.1. The minimum absolute atomic E-state index is 0.196. The van der Waals surface area contributed by atoms with Gasteiger partial charge in [-0.05, 0) is 17.7 Å². The van der Waals surface area contributed by atoms with Crippen LogP contribution in [-0.4, -0.2) is 10.8 Å². The van der Waals surface area contributed by atoms with Gasteiger partial charge < -0.3 is 4.74 Å². The quantitative estimate of drug-likeness (QED) is 0.792. The molecule has 2 aromatic carbocycles. The van der Waals surface area contributed by atoms with Crippen molar-refractivity contribution in [2.24, 2.45) is 4.99 Å². The first-order valence-electron chi connectivity index (χ1n) is 6.73. The zero-order valence-corrected chi connectivity index (χ0v) is 11.1. The molecule has 1 unspecified atom stereocenters. The van der Waals surface area contributed by atoms with Crippen LogP contribution >= 0.6 is 0 Å². The van der Waals surface area contributed by atoms with Gasteiger partial charge in [-0.15, -0.1) is 0 Å². The normalized spacial score (nSPS) is 19.4. The maximum absolute atomic E-state index is 12.6. The van der Waals surface area contributed by atoms with Crippen LogP contribution in [0, 0.1) is 0 Å². The summed E-state index contributed by atoms with van der Waals surface area (Å²) in [5, 5.41) is 1.47. The van der Waals surface area contributed by atoms with Gasteiger partial charge in [0.1, 0.15) is 12.3 Å². The Balaban J connectivity index is 2.00. The maximum atomic E-state index is 12.6. The number of hydrogen-bond donors (Lipinski definition) is 0. The Kier molecular flexibility index (Phi) is 2.60. The van der Waals surface area contributed by atoms with Gasteiger partial charge in [0, 0.05) is 6.20 Å². The van der Waals surface area contributed by atoms with Crippen molar-refractivity contribution >= 4 is 11.8 Å². The SMILES string of the molecule is O=C1N=c2ccccc2=C2OC=CN2C1c1ccccc1. The molecule has 4 heteroatoms. The van der Waals surface area contributed by atoms with Crippen LogP contribution < -0.4 is 10.6 Å². The van der Waals surface area contributed by atoms with E-state index in [0.29, 0.717) is 11.2 Å². The average Bonchev–Trinajstić information content (AvgIpc) is 2.94. The Hall–Kier alpha value is -2.88. The number of fused-ring (bicyclic) bond motifs is 2. The van der Waals surface area contributed by atoms with Crippen LogP contribution in [0.2, 0.25) is 0 Å². The molecule has 1 amide bonds. The molecule has 4 nitrogen and oxygen atoms in total. The molecule has 0 saturated heterocycles. The highest BCUT2D eigenvalue weighted by Crippen LogP contribution is 2.31. The second kappa shape index (κ2) is 4.59. The van der Waals surface area contributed by atoms with E-state index in [2.05, 4.69) is 4.99 Å². The number of ether oxygens (including phenoxy) is 1. The van der Waals surface area contributed by atoms with Crippen LogP contribution in [0.3, 0.4) is 0 Å². The minimum atomic E-state index is -0.493. The fourth-order valence-corrected chi connectivity index (χ4v) is 2.68. The monoisotopic (exact) mass is 276 g/mol. The van der Waals surface area contributed by atoms with Gasteiger partial charge in [-0.3, -0.25) is 9.69 Å². The minimum Gasteiger partial charge on any atom is -0.446 e. The first kappa shape index (κ1) is 11.9. The number of hydrogen-bond acceptors (Lipinski definition) is 3. The van der Waals surface area contributed by atoms with Gasteiger partial charge in [-0.2, -0.15) is 0 Å². The van der Waals surface area contributed by atoms with E-state index in [1.807, 2.05) is 59.5 Å². The highest BCUT2D eigenvalue weighted by molar-refractivity contribution is 5.86. The molecule has 21 heavy (non-hydrogen) atoms. The summed E-state index contributed by atoms with van der Waals surface area (Å²) in [6.45, 7) is 0. The average molecular weight is 276 g/mol. The second-order valence-corrected chi connectivity index (χ2v) is 4.90. The van der Waals surface area contributed by atoms with Crippen LogP contribution in [0.4, 0.5) is 0 Å². The molecule has 102 valence electrons. The number of carbonyl (C=O) groups excluding carboxylic acids is 1. The highest BCUT2D eigenvalue weighted by atomic mass is 16.5. The van der Waals surface area contributed by atoms with Gasteiger partial charge in [-0.25, -0.2) is 4.99 Å². The highest BCUT2D eigenvalue weighted by Gasteiger charge is 2.33. The molecular formula is C17H12N2O2. The molecule has 2 aliphatic rings. The molecule has 0 N–H and O–H groups in total. The zero-order chi connectivity index (χ0) is 14.2. The van der Waals surface area contributed by atoms with Crippen LogP contribution in [0.15, 0.2) is 72.1 Å². The van der Waals surface area contributed by atoms with E-state index in [-0.39, 0.29) is 5.91 Å². The summed E-state index contributed by atoms with van der Waals surface area (Å²) in [6, 6.07) is 16.6. The lowest BCUT2D eigenvalue weighted by Crippen LogP contribution is -2.30. The number of rotatable bonds is 1. The van der Waals surface area contributed by atoms with Gasteiger partial charge in [0.05, 0.1) is 10.6 Å². The van der Waals surface area contributed by atoms with Crippen LogP contribution in [-0.2, 0) is 9.53 Å². The van der Waals surface area contributed by atoms with E-state index in [1.54, 1.807) is 12.5 Å². The van der Waals surface area contributed by atoms with Crippen molar-refractivity contribution in [2.45, 2.75) is 6.04 Å². The summed E-state index contributed by atoms with van der Waals surface area (Å²) < 4.78 is 5.61. The number of nitrogens with zero attached hydrogens (tertiary/aromatic N) is 2. The standard InChI is InChI=1S/C17H12N2O2/c20-16-15(12-6-2-1-3-7-12)19-10-11-21-17(19)13-8-4-5-9-14(13)18-16/h1-11,15H. The number of para-hydroxylation sites is 1. The Morgan fingerprint density at radius 3 is 2.62 bits per heavy atom. The van der Waals surface area contributed by atoms with Crippen molar-refractivity contribution in [3.63, 3.8) is 0 Å². The summed E-state index contributed by atoms with van der Waals surface area (Å²) in [5.41, 5.74) is 0.895. The molecule has 2 heterocycles.